The first kappa shape index (κ1) is 17.7. The van der Waals surface area contributed by atoms with E-state index in [2.05, 4.69) is 36.7 Å². The lowest BCUT2D eigenvalue weighted by Crippen LogP contribution is -2.40. The Hall–Kier alpha value is -1.72. The average Bonchev–Trinajstić information content (AvgIpc) is 2.99. The summed E-state index contributed by atoms with van der Waals surface area (Å²) in [5, 5.41) is 4.55. The fourth-order valence-corrected chi connectivity index (χ4v) is 4.39. The fraction of sp³-hybridized carbons (Fsp3) is 0.619. The van der Waals surface area contributed by atoms with Crippen LogP contribution in [0.25, 0.3) is 11.3 Å². The lowest BCUT2D eigenvalue weighted by Gasteiger charge is -2.34. The molecule has 0 radical (unpaired) electrons. The van der Waals surface area contributed by atoms with Crippen LogP contribution in [0.2, 0.25) is 0 Å². The summed E-state index contributed by atoms with van der Waals surface area (Å²) in [5.41, 5.74) is 2.30. The minimum Gasteiger partial charge on any atom is -0.303 e. The Bertz CT molecular complexity index is 652. The first-order valence-corrected chi connectivity index (χ1v) is 10.3. The molecule has 0 unspecified atom stereocenters. The summed E-state index contributed by atoms with van der Waals surface area (Å²) < 4.78 is 2.12. The van der Waals surface area contributed by atoms with Crippen molar-refractivity contribution in [2.45, 2.75) is 45.2 Å². The Balaban J connectivity index is 1.29. The first-order valence-electron chi connectivity index (χ1n) is 10.3. The summed E-state index contributed by atoms with van der Waals surface area (Å²) in [6, 6.07) is 6.18. The minimum atomic E-state index is 0.875. The molecule has 0 bridgehead atoms. The quantitative estimate of drug-likeness (QED) is 0.825. The molecule has 2 aliphatic rings. The van der Waals surface area contributed by atoms with E-state index in [0.717, 1.165) is 23.8 Å². The predicted molar refractivity (Wildman–Crippen MR) is 105 cm³/mol. The van der Waals surface area contributed by atoms with Gasteiger partial charge >= 0.3 is 0 Å². The number of rotatable bonds is 5. The van der Waals surface area contributed by atoms with Gasteiger partial charge in [-0.05, 0) is 62.9 Å². The van der Waals surface area contributed by atoms with E-state index in [1.807, 2.05) is 24.7 Å². The Morgan fingerprint density at radius 1 is 0.885 bits per heavy atom. The number of hydrogen-bond acceptors (Lipinski definition) is 4. The van der Waals surface area contributed by atoms with Crippen molar-refractivity contribution in [3.63, 3.8) is 0 Å². The summed E-state index contributed by atoms with van der Waals surface area (Å²) in [6.07, 6.45) is 13.9. The van der Waals surface area contributed by atoms with Crippen LogP contribution in [0.4, 0.5) is 0 Å². The van der Waals surface area contributed by atoms with Gasteiger partial charge in [-0.25, -0.2) is 0 Å². The van der Waals surface area contributed by atoms with Gasteiger partial charge in [0, 0.05) is 43.8 Å². The van der Waals surface area contributed by atoms with E-state index in [9.17, 15) is 0 Å². The fourth-order valence-electron chi connectivity index (χ4n) is 4.39. The standard InChI is InChI=1S/C21H31N5/c1-2-4-13-24(12-3-1)17-19-8-14-25(15-9-19)18-26-21(7-11-23-26)20-6-5-10-22-16-20/h5-7,10-11,16,19H,1-4,8-9,12-15,17-18H2. The molecular weight excluding hydrogens is 322 g/mol. The van der Waals surface area contributed by atoms with Gasteiger partial charge in [0.05, 0.1) is 12.4 Å². The molecule has 26 heavy (non-hydrogen) atoms. The largest absolute Gasteiger partial charge is 0.303 e. The molecule has 4 rings (SSSR count). The van der Waals surface area contributed by atoms with Gasteiger partial charge in [-0.15, -0.1) is 0 Å². The lowest BCUT2D eigenvalue weighted by molar-refractivity contribution is 0.118. The van der Waals surface area contributed by atoms with Gasteiger partial charge in [0.1, 0.15) is 0 Å². The van der Waals surface area contributed by atoms with Crippen LogP contribution in [0, 0.1) is 5.92 Å². The van der Waals surface area contributed by atoms with Crippen LogP contribution in [0.1, 0.15) is 38.5 Å². The third-order valence-corrected chi connectivity index (χ3v) is 5.93. The molecule has 0 atom stereocenters. The number of piperidine rings is 1. The van der Waals surface area contributed by atoms with Gasteiger partial charge in [-0.3, -0.25) is 14.6 Å². The van der Waals surface area contributed by atoms with Crippen molar-refractivity contribution in [2.24, 2.45) is 5.92 Å². The topological polar surface area (TPSA) is 37.2 Å². The molecule has 2 aliphatic heterocycles. The van der Waals surface area contributed by atoms with E-state index in [-0.39, 0.29) is 0 Å². The van der Waals surface area contributed by atoms with Gasteiger partial charge in [-0.2, -0.15) is 5.10 Å². The first-order chi connectivity index (χ1) is 12.9. The molecule has 0 saturated carbocycles. The zero-order valence-corrected chi connectivity index (χ0v) is 15.8. The normalized spacial score (nSPS) is 20.9. The number of pyridine rings is 1. The van der Waals surface area contributed by atoms with E-state index in [1.165, 1.54) is 71.2 Å². The maximum atomic E-state index is 4.55. The zero-order valence-electron chi connectivity index (χ0n) is 15.8. The third-order valence-electron chi connectivity index (χ3n) is 5.93. The maximum Gasteiger partial charge on any atom is 0.0936 e. The number of nitrogens with zero attached hydrogens (tertiary/aromatic N) is 5. The molecule has 0 aliphatic carbocycles. The van der Waals surface area contributed by atoms with Gasteiger partial charge < -0.3 is 4.90 Å². The summed E-state index contributed by atoms with van der Waals surface area (Å²) >= 11 is 0. The average molecular weight is 354 g/mol. The number of likely N-dealkylation sites (tertiary alicyclic amines) is 2. The van der Waals surface area contributed by atoms with Crippen LogP contribution in [-0.2, 0) is 6.67 Å². The van der Waals surface area contributed by atoms with Gasteiger partial charge in [0.15, 0.2) is 0 Å². The molecule has 5 heteroatoms. The molecule has 4 heterocycles. The number of aromatic nitrogens is 3. The van der Waals surface area contributed by atoms with Crippen molar-refractivity contribution >= 4 is 0 Å². The summed E-state index contributed by atoms with van der Waals surface area (Å²) in [4.78, 5) is 9.51. The van der Waals surface area contributed by atoms with Crippen molar-refractivity contribution < 1.29 is 0 Å². The van der Waals surface area contributed by atoms with E-state index < -0.39 is 0 Å². The molecule has 140 valence electrons. The van der Waals surface area contributed by atoms with Gasteiger partial charge in [0.25, 0.3) is 0 Å². The SMILES string of the molecule is c1cncc(-c2ccnn2CN2CCC(CN3CCCCCC3)CC2)c1. The minimum absolute atomic E-state index is 0.875. The van der Waals surface area contributed by atoms with Crippen LogP contribution in [-0.4, -0.2) is 57.3 Å². The van der Waals surface area contributed by atoms with E-state index >= 15 is 0 Å². The van der Waals surface area contributed by atoms with Crippen LogP contribution in [0.5, 0.6) is 0 Å². The highest BCUT2D eigenvalue weighted by molar-refractivity contribution is 5.57. The molecule has 2 fully saturated rings. The third kappa shape index (κ3) is 4.51. The highest BCUT2D eigenvalue weighted by atomic mass is 15.4. The van der Waals surface area contributed by atoms with E-state index in [4.69, 9.17) is 0 Å². The van der Waals surface area contributed by atoms with E-state index in [0.29, 0.717) is 0 Å². The molecule has 0 spiro atoms. The zero-order chi connectivity index (χ0) is 17.6. The van der Waals surface area contributed by atoms with Crippen LogP contribution >= 0.6 is 0 Å². The second-order valence-electron chi connectivity index (χ2n) is 7.88. The second kappa shape index (κ2) is 8.78. The van der Waals surface area contributed by atoms with Crippen LogP contribution in [0.15, 0.2) is 36.8 Å². The Kier molecular flexibility index (Phi) is 5.97. The highest BCUT2D eigenvalue weighted by Gasteiger charge is 2.22. The molecule has 2 saturated heterocycles. The molecule has 2 aromatic rings. The Morgan fingerprint density at radius 2 is 1.69 bits per heavy atom. The van der Waals surface area contributed by atoms with Crippen molar-refractivity contribution in [1.82, 2.24) is 24.6 Å². The predicted octanol–water partition coefficient (Wildman–Crippen LogP) is 3.49. The Labute approximate surface area is 157 Å². The highest BCUT2D eigenvalue weighted by Crippen LogP contribution is 2.22. The van der Waals surface area contributed by atoms with Crippen molar-refractivity contribution in [3.8, 4) is 11.3 Å². The van der Waals surface area contributed by atoms with Crippen molar-refractivity contribution in [1.29, 1.82) is 0 Å². The molecule has 0 aromatic carbocycles. The summed E-state index contributed by atoms with van der Waals surface area (Å²) in [7, 11) is 0. The number of hydrogen-bond donors (Lipinski definition) is 0. The van der Waals surface area contributed by atoms with Gasteiger partial charge in [-0.1, -0.05) is 12.8 Å². The summed E-state index contributed by atoms with van der Waals surface area (Å²) in [5.74, 6) is 0.875. The van der Waals surface area contributed by atoms with E-state index in [1.54, 1.807) is 0 Å². The molecule has 0 amide bonds. The van der Waals surface area contributed by atoms with Gasteiger partial charge in [0.2, 0.25) is 0 Å². The van der Waals surface area contributed by atoms with Crippen LogP contribution < -0.4 is 0 Å². The van der Waals surface area contributed by atoms with Crippen molar-refractivity contribution in [3.05, 3.63) is 36.8 Å². The Morgan fingerprint density at radius 3 is 2.42 bits per heavy atom. The molecule has 5 nitrogen and oxygen atoms in total. The maximum absolute atomic E-state index is 4.55. The summed E-state index contributed by atoms with van der Waals surface area (Å²) in [6.45, 7) is 7.21. The second-order valence-corrected chi connectivity index (χ2v) is 7.88. The van der Waals surface area contributed by atoms with Crippen molar-refractivity contribution in [2.75, 3.05) is 32.7 Å². The monoisotopic (exact) mass is 353 g/mol. The molecule has 2 aromatic heterocycles. The molecular formula is C21H31N5. The van der Waals surface area contributed by atoms with Crippen LogP contribution in [0.3, 0.4) is 0 Å². The molecule has 0 N–H and O–H groups in total. The smallest absolute Gasteiger partial charge is 0.0936 e. The lowest BCUT2D eigenvalue weighted by atomic mass is 9.96.